The van der Waals surface area contributed by atoms with E-state index >= 15 is 0 Å². The second kappa shape index (κ2) is 16.6. The fourth-order valence-corrected chi connectivity index (χ4v) is 0. The van der Waals surface area contributed by atoms with E-state index in [1.807, 2.05) is 0 Å². The molecule has 0 fully saturated rings. The van der Waals surface area contributed by atoms with Gasteiger partial charge in [-0.25, -0.2) is 0 Å². The summed E-state index contributed by atoms with van der Waals surface area (Å²) in [6, 6.07) is 0. The molecule has 0 spiro atoms. The Morgan fingerprint density at radius 1 is 1.00 bits per heavy atom. The summed E-state index contributed by atoms with van der Waals surface area (Å²) in [7, 11) is 0. The zero-order chi connectivity index (χ0) is 0. The quantitative estimate of drug-likeness (QED) is 0.297. The van der Waals surface area contributed by atoms with Crippen molar-refractivity contribution in [1.82, 2.24) is 0 Å². The summed E-state index contributed by atoms with van der Waals surface area (Å²) >= 11 is 0. The minimum Gasteiger partial charge on any atom is -1.00 e. The van der Waals surface area contributed by atoms with E-state index in [4.69, 9.17) is 0 Å². The topological polar surface area (TPSA) is 0 Å². The van der Waals surface area contributed by atoms with Gasteiger partial charge in [-0.15, -0.1) is 0 Å². The number of halogens is 2. The molecule has 0 aliphatic rings. The maximum atomic E-state index is 0. The standard InChI is InChI=1S/BrH.Ca.HI.Li/h1H;;1H;/q;+2;;+1/p-2. The first-order chi connectivity index (χ1) is 0. The van der Waals surface area contributed by atoms with E-state index in [1.54, 1.807) is 0 Å². The summed E-state index contributed by atoms with van der Waals surface area (Å²) in [5.74, 6) is 0. The predicted octanol–water partition coefficient (Wildman–Crippen LogP) is -9.37. The molecule has 0 aromatic carbocycles. The Kier molecular flexibility index (Phi) is 114. The molecule has 0 nitrogen and oxygen atoms in total. The summed E-state index contributed by atoms with van der Waals surface area (Å²) in [5.41, 5.74) is 0. The van der Waals surface area contributed by atoms with E-state index in [0.717, 1.165) is 0 Å². The molecule has 0 bridgehead atoms. The maximum absolute atomic E-state index is 0. The van der Waals surface area contributed by atoms with E-state index < -0.39 is 0 Å². The van der Waals surface area contributed by atoms with Gasteiger partial charge in [0.2, 0.25) is 0 Å². The van der Waals surface area contributed by atoms with Crippen molar-refractivity contribution in [1.29, 1.82) is 0 Å². The van der Waals surface area contributed by atoms with Gasteiger partial charge in [-0.05, 0) is 0 Å². The molecule has 0 N–H and O–H groups in total. The van der Waals surface area contributed by atoms with Gasteiger partial charge in [0.15, 0.2) is 0 Å². The molecule has 0 heterocycles. The second-order valence-corrected chi connectivity index (χ2v) is 0. The average Bonchev–Trinajstić information content (AvgIpc) is 0. The van der Waals surface area contributed by atoms with Crippen LogP contribution in [0.4, 0.5) is 0 Å². The van der Waals surface area contributed by atoms with Crippen LogP contribution in [0.25, 0.3) is 0 Å². The zero-order valence-corrected chi connectivity index (χ0v) is 8.41. The number of rotatable bonds is 0. The Hall–Kier alpha value is 3.07. The van der Waals surface area contributed by atoms with E-state index in [9.17, 15) is 0 Å². The van der Waals surface area contributed by atoms with Crippen molar-refractivity contribution in [2.24, 2.45) is 0 Å². The van der Waals surface area contributed by atoms with Crippen LogP contribution in [0.15, 0.2) is 0 Å². The van der Waals surface area contributed by atoms with Gasteiger partial charge in [0.1, 0.15) is 0 Å². The minimum absolute atomic E-state index is 0. The Morgan fingerprint density at radius 2 is 1.00 bits per heavy atom. The normalized spacial score (nSPS) is 0. The Balaban J connectivity index is 0. The van der Waals surface area contributed by atoms with Gasteiger partial charge in [-0.3, -0.25) is 0 Å². The molecule has 0 aliphatic carbocycles. The largest absolute Gasteiger partial charge is 2.00 e. The molecular weight excluding hydrogens is 254 g/mol. The molecular formula is BrCaILi+. The van der Waals surface area contributed by atoms with Crippen molar-refractivity contribution in [2.45, 2.75) is 0 Å². The fraction of sp³-hybridized carbons (Fsp3) is 0. The SMILES string of the molecule is [Br-].[Ca+2].[I-].[Li+]. The van der Waals surface area contributed by atoms with Crippen molar-refractivity contribution < 1.29 is 59.8 Å². The molecule has 0 aromatic rings. The van der Waals surface area contributed by atoms with Crippen LogP contribution in [-0.2, 0) is 0 Å². The summed E-state index contributed by atoms with van der Waals surface area (Å²) < 4.78 is 0. The Bertz CT molecular complexity index is 8.00. The molecule has 0 saturated heterocycles. The third-order valence-corrected chi connectivity index (χ3v) is 0. The van der Waals surface area contributed by atoms with Crippen LogP contribution in [-0.4, -0.2) is 37.7 Å². The molecule has 0 atom stereocenters. The molecule has 0 radical (unpaired) electrons. The van der Waals surface area contributed by atoms with E-state index in [1.165, 1.54) is 0 Å². The average molecular weight is 254 g/mol. The fourth-order valence-electron chi connectivity index (χ4n) is 0. The van der Waals surface area contributed by atoms with Crippen molar-refractivity contribution in [3.05, 3.63) is 0 Å². The van der Waals surface area contributed by atoms with Crippen LogP contribution in [0, 0.1) is 0 Å². The summed E-state index contributed by atoms with van der Waals surface area (Å²) in [6.45, 7) is 0. The molecule has 0 rings (SSSR count). The minimum atomic E-state index is 0. The first kappa shape index (κ1) is 27.7. The molecule has 0 aromatic heterocycles. The molecule has 0 saturated carbocycles. The van der Waals surface area contributed by atoms with Crippen LogP contribution in [0.5, 0.6) is 0 Å². The molecule has 4 heteroatoms. The molecule has 0 aliphatic heterocycles. The van der Waals surface area contributed by atoms with Gasteiger partial charge < -0.3 is 41.0 Å². The molecule has 0 amide bonds. The van der Waals surface area contributed by atoms with Gasteiger partial charge in [-0.2, -0.15) is 0 Å². The van der Waals surface area contributed by atoms with E-state index in [-0.39, 0.29) is 97.6 Å². The van der Waals surface area contributed by atoms with Crippen LogP contribution in [0.3, 0.4) is 0 Å². The van der Waals surface area contributed by atoms with Crippen LogP contribution >= 0.6 is 0 Å². The monoisotopic (exact) mass is 253 g/mol. The van der Waals surface area contributed by atoms with Gasteiger partial charge in [-0.1, -0.05) is 0 Å². The molecule has 16 valence electrons. The number of hydrogen-bond donors (Lipinski definition) is 0. The van der Waals surface area contributed by atoms with Crippen molar-refractivity contribution in [3.63, 3.8) is 0 Å². The third kappa shape index (κ3) is 8.91. The Labute approximate surface area is 95.4 Å². The van der Waals surface area contributed by atoms with Crippen molar-refractivity contribution in [2.75, 3.05) is 0 Å². The van der Waals surface area contributed by atoms with E-state index in [0.29, 0.717) is 0 Å². The molecule has 0 unspecified atom stereocenters. The van der Waals surface area contributed by atoms with Crippen LogP contribution in [0.1, 0.15) is 0 Å². The zero-order valence-electron chi connectivity index (χ0n) is 2.46. The predicted molar refractivity (Wildman–Crippen MR) is 5.75 cm³/mol. The first-order valence-corrected chi connectivity index (χ1v) is 0. The third-order valence-electron chi connectivity index (χ3n) is 0. The maximum Gasteiger partial charge on any atom is 2.00 e. The van der Waals surface area contributed by atoms with Crippen molar-refractivity contribution in [3.8, 4) is 0 Å². The van der Waals surface area contributed by atoms with Gasteiger partial charge in [0.05, 0.1) is 0 Å². The summed E-state index contributed by atoms with van der Waals surface area (Å²) in [5, 5.41) is 0. The van der Waals surface area contributed by atoms with Crippen molar-refractivity contribution >= 4 is 37.7 Å². The van der Waals surface area contributed by atoms with Gasteiger partial charge >= 0.3 is 56.6 Å². The van der Waals surface area contributed by atoms with Crippen LogP contribution < -0.4 is 59.8 Å². The number of hydrogen-bond acceptors (Lipinski definition) is 0. The van der Waals surface area contributed by atoms with E-state index in [2.05, 4.69) is 0 Å². The molecule has 4 heavy (non-hydrogen) atoms. The summed E-state index contributed by atoms with van der Waals surface area (Å²) in [4.78, 5) is 0. The second-order valence-electron chi connectivity index (χ2n) is 0. The van der Waals surface area contributed by atoms with Gasteiger partial charge in [0, 0.05) is 0 Å². The Morgan fingerprint density at radius 3 is 1.00 bits per heavy atom. The van der Waals surface area contributed by atoms with Crippen LogP contribution in [0.2, 0.25) is 0 Å². The smallest absolute Gasteiger partial charge is 1.00 e. The first-order valence-electron chi connectivity index (χ1n) is 0. The van der Waals surface area contributed by atoms with Gasteiger partial charge in [0.25, 0.3) is 0 Å². The summed E-state index contributed by atoms with van der Waals surface area (Å²) in [6.07, 6.45) is 0.